The van der Waals surface area contributed by atoms with Gasteiger partial charge in [-0.15, -0.1) is 0 Å². The highest BCUT2D eigenvalue weighted by molar-refractivity contribution is 5.86. The first-order valence-electron chi connectivity index (χ1n) is 13.4. The Morgan fingerprint density at radius 1 is 0.829 bits per heavy atom. The molecule has 0 amide bonds. The predicted octanol–water partition coefficient (Wildman–Crippen LogP) is 5.60. The number of hydrogen-bond acceptors (Lipinski definition) is 5. The first-order chi connectivity index (χ1) is 16.2. The van der Waals surface area contributed by atoms with Crippen molar-refractivity contribution in [1.29, 1.82) is 0 Å². The van der Waals surface area contributed by atoms with Crippen molar-refractivity contribution in [2.45, 2.75) is 92.4 Å². The Morgan fingerprint density at radius 2 is 1.29 bits per heavy atom. The van der Waals surface area contributed by atoms with E-state index in [-0.39, 0.29) is 39.9 Å². The summed E-state index contributed by atoms with van der Waals surface area (Å²) in [5, 5.41) is 0. The van der Waals surface area contributed by atoms with E-state index in [0.29, 0.717) is 24.9 Å². The van der Waals surface area contributed by atoms with Gasteiger partial charge in [-0.25, -0.2) is 0 Å². The summed E-state index contributed by atoms with van der Waals surface area (Å²) in [4.78, 5) is 25.7. The molecule has 4 N–H and O–H groups in total. The van der Waals surface area contributed by atoms with Gasteiger partial charge in [-0.2, -0.15) is 0 Å². The van der Waals surface area contributed by atoms with Gasteiger partial charge >= 0.3 is 11.9 Å². The average Bonchev–Trinajstić information content (AvgIpc) is 2.71. The van der Waals surface area contributed by atoms with Gasteiger partial charge in [0, 0.05) is 0 Å². The molecular formula is C30H48N2O3. The first-order valence-corrected chi connectivity index (χ1v) is 13.4. The summed E-state index contributed by atoms with van der Waals surface area (Å²) < 4.78 is 5.38. The van der Waals surface area contributed by atoms with Crippen LogP contribution >= 0.6 is 0 Å². The average molecular weight is 485 g/mol. The maximum absolute atomic E-state index is 12.9. The topological polar surface area (TPSA) is 95.4 Å². The molecule has 1 aromatic carbocycles. The fourth-order valence-electron chi connectivity index (χ4n) is 7.59. The molecule has 196 valence electrons. The van der Waals surface area contributed by atoms with Gasteiger partial charge in [0.05, 0.1) is 12.8 Å². The van der Waals surface area contributed by atoms with E-state index in [1.165, 1.54) is 5.56 Å². The molecule has 35 heavy (non-hydrogen) atoms. The number of benzene rings is 1. The molecule has 0 unspecified atom stereocenters. The van der Waals surface area contributed by atoms with Crippen LogP contribution in [-0.4, -0.2) is 25.0 Å². The van der Waals surface area contributed by atoms with Crippen LogP contribution in [-0.2, 0) is 19.7 Å². The van der Waals surface area contributed by atoms with Crippen molar-refractivity contribution < 1.29 is 14.3 Å². The maximum Gasteiger partial charge on any atom is 0.314 e. The number of rotatable bonds is 9. The molecule has 0 spiro atoms. The van der Waals surface area contributed by atoms with Crippen molar-refractivity contribution in [3.8, 4) is 0 Å². The van der Waals surface area contributed by atoms with E-state index in [2.05, 4.69) is 72.7 Å². The van der Waals surface area contributed by atoms with E-state index in [0.717, 1.165) is 25.7 Å². The van der Waals surface area contributed by atoms with Crippen molar-refractivity contribution in [2.75, 3.05) is 13.1 Å². The van der Waals surface area contributed by atoms with E-state index < -0.39 is 11.9 Å². The van der Waals surface area contributed by atoms with Gasteiger partial charge in [0.1, 0.15) is 0 Å². The number of hydrogen-bond donors (Lipinski definition) is 2. The van der Waals surface area contributed by atoms with E-state index in [1.807, 2.05) is 6.07 Å². The maximum atomic E-state index is 12.9. The molecule has 0 atom stereocenters. The summed E-state index contributed by atoms with van der Waals surface area (Å²) in [5.41, 5.74) is 13.3. The van der Waals surface area contributed by atoms with Gasteiger partial charge in [-0.05, 0) is 83.2 Å². The Labute approximate surface area is 212 Å². The van der Waals surface area contributed by atoms with Crippen molar-refractivity contribution >= 4 is 11.9 Å². The van der Waals surface area contributed by atoms with Gasteiger partial charge in [0.15, 0.2) is 0 Å². The zero-order valence-electron chi connectivity index (χ0n) is 23.1. The summed E-state index contributed by atoms with van der Waals surface area (Å²) in [6.45, 7) is 16.6. The van der Waals surface area contributed by atoms with Crippen LogP contribution in [0.25, 0.3) is 0 Å². The Bertz CT molecular complexity index is 901. The smallest absolute Gasteiger partial charge is 0.314 e. The van der Waals surface area contributed by atoms with Gasteiger partial charge < -0.3 is 16.2 Å². The predicted molar refractivity (Wildman–Crippen MR) is 141 cm³/mol. The minimum Gasteiger partial charge on any atom is -0.393 e. The highest BCUT2D eigenvalue weighted by Crippen LogP contribution is 2.67. The number of nitrogens with two attached hydrogens (primary N) is 2. The third kappa shape index (κ3) is 4.96. The quantitative estimate of drug-likeness (QED) is 0.351. The van der Waals surface area contributed by atoms with Crippen LogP contribution in [0.1, 0.15) is 92.6 Å². The summed E-state index contributed by atoms with van der Waals surface area (Å²) in [7, 11) is 0. The Morgan fingerprint density at radius 3 is 1.66 bits per heavy atom. The molecule has 0 aromatic heterocycles. The molecule has 2 aliphatic rings. The number of carbonyl (C=O) groups is 2. The van der Waals surface area contributed by atoms with Gasteiger partial charge in [0.2, 0.25) is 0 Å². The molecular weight excluding hydrogens is 436 g/mol. The van der Waals surface area contributed by atoms with Crippen LogP contribution in [0.3, 0.4) is 0 Å². The Balaban J connectivity index is 1.62. The van der Waals surface area contributed by atoms with E-state index in [4.69, 9.17) is 16.2 Å². The lowest BCUT2D eigenvalue weighted by atomic mass is 9.41. The van der Waals surface area contributed by atoms with Gasteiger partial charge in [-0.3, -0.25) is 9.59 Å². The third-order valence-corrected chi connectivity index (χ3v) is 9.95. The standard InChI is InChI=1S/C30H48N2O3/c1-21(2)29(23-11-9-8-10-12-23)15-27(16-29,19-31)13-24(33)35-25(34)14-28(20-32)17-30(18-28,22(3)4)26(5,6)7/h8-12,21-22H,13-20,31-32H2,1-7H3. The molecule has 0 saturated heterocycles. The number of carbonyl (C=O) groups excluding carboxylic acids is 2. The molecule has 2 saturated carbocycles. The molecule has 3 rings (SSSR count). The van der Waals surface area contributed by atoms with E-state index >= 15 is 0 Å². The summed E-state index contributed by atoms with van der Waals surface area (Å²) in [5.74, 6) is 0.0164. The lowest BCUT2D eigenvalue weighted by Crippen LogP contribution is -2.59. The monoisotopic (exact) mass is 484 g/mol. The van der Waals surface area contributed by atoms with Crippen molar-refractivity contribution in [2.24, 2.45) is 45.0 Å². The van der Waals surface area contributed by atoms with Crippen LogP contribution in [0.2, 0.25) is 0 Å². The minimum atomic E-state index is -0.455. The first kappa shape index (κ1) is 27.9. The highest BCUT2D eigenvalue weighted by atomic mass is 16.6. The largest absolute Gasteiger partial charge is 0.393 e. The van der Waals surface area contributed by atoms with Crippen LogP contribution in [0.5, 0.6) is 0 Å². The van der Waals surface area contributed by atoms with E-state index in [9.17, 15) is 9.59 Å². The second kappa shape index (κ2) is 9.63. The molecule has 0 bridgehead atoms. The fourth-order valence-corrected chi connectivity index (χ4v) is 7.59. The Kier molecular flexibility index (Phi) is 7.66. The Hall–Kier alpha value is -1.72. The van der Waals surface area contributed by atoms with Crippen molar-refractivity contribution in [3.63, 3.8) is 0 Å². The zero-order chi connectivity index (χ0) is 26.3. The SMILES string of the molecule is CC(C)C1(c2ccccc2)CC(CN)(CC(=O)OC(=O)CC2(CN)CC(C(C)C)(C(C)(C)C)C2)C1. The lowest BCUT2D eigenvalue weighted by Gasteiger charge is -2.64. The lowest BCUT2D eigenvalue weighted by molar-refractivity contribution is -0.176. The molecule has 2 aliphatic carbocycles. The summed E-state index contributed by atoms with van der Waals surface area (Å²) >= 11 is 0. The second-order valence-electron chi connectivity index (χ2n) is 13.6. The molecule has 0 aliphatic heterocycles. The summed E-state index contributed by atoms with van der Waals surface area (Å²) in [6.07, 6.45) is 3.83. The molecule has 5 nitrogen and oxygen atoms in total. The summed E-state index contributed by atoms with van der Waals surface area (Å²) in [6, 6.07) is 10.5. The molecule has 5 heteroatoms. The fraction of sp³-hybridized carbons (Fsp3) is 0.733. The van der Waals surface area contributed by atoms with E-state index in [1.54, 1.807) is 0 Å². The van der Waals surface area contributed by atoms with Crippen LogP contribution in [0.4, 0.5) is 0 Å². The highest BCUT2D eigenvalue weighted by Gasteiger charge is 2.61. The molecule has 1 aromatic rings. The number of ether oxygens (including phenoxy) is 1. The van der Waals surface area contributed by atoms with Crippen LogP contribution in [0, 0.1) is 33.5 Å². The van der Waals surface area contributed by atoms with Gasteiger partial charge in [-0.1, -0.05) is 78.8 Å². The third-order valence-electron chi connectivity index (χ3n) is 9.95. The van der Waals surface area contributed by atoms with Crippen LogP contribution < -0.4 is 11.5 Å². The zero-order valence-corrected chi connectivity index (χ0v) is 23.1. The molecule has 0 heterocycles. The van der Waals surface area contributed by atoms with Gasteiger partial charge in [0.25, 0.3) is 0 Å². The number of esters is 2. The molecule has 2 fully saturated rings. The molecule has 0 radical (unpaired) electrons. The normalized spacial score (nSPS) is 32.8. The minimum absolute atomic E-state index is 0.00753. The second-order valence-corrected chi connectivity index (χ2v) is 13.6. The van der Waals surface area contributed by atoms with Crippen molar-refractivity contribution in [1.82, 2.24) is 0 Å². The van der Waals surface area contributed by atoms with Crippen LogP contribution in [0.15, 0.2) is 30.3 Å². The van der Waals surface area contributed by atoms with Crippen molar-refractivity contribution in [3.05, 3.63) is 35.9 Å².